The summed E-state index contributed by atoms with van der Waals surface area (Å²) < 4.78 is 0. The van der Waals surface area contributed by atoms with Gasteiger partial charge < -0.3 is 15.5 Å². The van der Waals surface area contributed by atoms with Gasteiger partial charge >= 0.3 is 0 Å². The summed E-state index contributed by atoms with van der Waals surface area (Å²) in [6.45, 7) is 1.89. The van der Waals surface area contributed by atoms with Gasteiger partial charge in [0, 0.05) is 31.9 Å². The monoisotopic (exact) mass is 221 g/mol. The molecule has 1 aromatic rings. The second-order valence-corrected chi connectivity index (χ2v) is 4.04. The van der Waals surface area contributed by atoms with Crippen molar-refractivity contribution in [1.29, 1.82) is 5.41 Å². The smallest absolute Gasteiger partial charge is 0.128 e. The van der Waals surface area contributed by atoms with Gasteiger partial charge in [0.25, 0.3) is 0 Å². The number of nitrogen functional groups attached to an aromatic ring is 1. The number of nitrogens with one attached hydrogen (secondary N) is 1. The molecule has 0 unspecified atom stereocenters. The van der Waals surface area contributed by atoms with Crippen molar-refractivity contribution in [1.82, 2.24) is 9.88 Å². The minimum absolute atomic E-state index is 0.0509. The fourth-order valence-electron chi connectivity index (χ4n) is 1.24. The fraction of sp³-hybridized carbons (Fsp3) is 0.455. The Morgan fingerprint density at radius 3 is 2.44 bits per heavy atom. The van der Waals surface area contributed by atoms with Gasteiger partial charge in [-0.15, -0.1) is 0 Å². The molecular formula is C11H19N5. The fourth-order valence-corrected chi connectivity index (χ4v) is 1.24. The zero-order valence-electron chi connectivity index (χ0n) is 10.1. The molecule has 1 heterocycles. The lowest BCUT2D eigenvalue weighted by atomic mass is 10.2. The number of hydrogen-bond donors (Lipinski definition) is 2. The van der Waals surface area contributed by atoms with Gasteiger partial charge in [-0.05, 0) is 26.2 Å². The summed E-state index contributed by atoms with van der Waals surface area (Å²) in [7, 11) is 6.08. The Balaban J connectivity index is 2.63. The topological polar surface area (TPSA) is 69.2 Å². The average Bonchev–Trinajstić information content (AvgIpc) is 2.26. The first-order chi connectivity index (χ1) is 7.50. The Labute approximate surface area is 96.4 Å². The van der Waals surface area contributed by atoms with E-state index in [1.54, 1.807) is 6.20 Å². The Hall–Kier alpha value is -1.62. The molecule has 16 heavy (non-hydrogen) atoms. The van der Waals surface area contributed by atoms with Gasteiger partial charge in [0.05, 0.1) is 0 Å². The van der Waals surface area contributed by atoms with Crippen LogP contribution in [0.15, 0.2) is 18.3 Å². The van der Waals surface area contributed by atoms with Crippen LogP contribution in [0.3, 0.4) is 0 Å². The van der Waals surface area contributed by atoms with Gasteiger partial charge in [-0.1, -0.05) is 0 Å². The molecule has 0 bridgehead atoms. The summed E-state index contributed by atoms with van der Waals surface area (Å²) in [5.74, 6) is 0.946. The van der Waals surface area contributed by atoms with Gasteiger partial charge in [0.15, 0.2) is 0 Å². The number of amidine groups is 1. The van der Waals surface area contributed by atoms with E-state index in [1.807, 2.05) is 33.3 Å². The third kappa shape index (κ3) is 3.51. The summed E-state index contributed by atoms with van der Waals surface area (Å²) >= 11 is 0. The lowest BCUT2D eigenvalue weighted by molar-refractivity contribution is 0.416. The van der Waals surface area contributed by atoms with E-state index < -0.39 is 0 Å². The highest BCUT2D eigenvalue weighted by Gasteiger charge is 2.03. The third-order valence-corrected chi connectivity index (χ3v) is 2.33. The molecular weight excluding hydrogens is 202 g/mol. The van der Waals surface area contributed by atoms with E-state index in [1.165, 1.54) is 0 Å². The standard InChI is InChI=1S/C11H19N5/c1-15(2)6-7-16(3)10-5-4-9(8-14-10)11(12)13/h4-5,8H,6-7H2,1-3H3,(H3,12,13). The lowest BCUT2D eigenvalue weighted by Gasteiger charge is -2.20. The summed E-state index contributed by atoms with van der Waals surface area (Å²) in [6, 6.07) is 3.70. The van der Waals surface area contributed by atoms with Crippen LogP contribution >= 0.6 is 0 Å². The highest BCUT2D eigenvalue weighted by Crippen LogP contribution is 2.08. The van der Waals surface area contributed by atoms with Crippen LogP contribution in [0.2, 0.25) is 0 Å². The highest BCUT2D eigenvalue weighted by atomic mass is 15.2. The number of nitrogens with zero attached hydrogens (tertiary/aromatic N) is 3. The minimum Gasteiger partial charge on any atom is -0.384 e. The van der Waals surface area contributed by atoms with Crippen molar-refractivity contribution in [3.63, 3.8) is 0 Å². The zero-order valence-corrected chi connectivity index (χ0v) is 10.1. The Morgan fingerprint density at radius 1 is 1.31 bits per heavy atom. The van der Waals surface area contributed by atoms with Crippen LogP contribution in [-0.4, -0.2) is 50.0 Å². The van der Waals surface area contributed by atoms with E-state index in [2.05, 4.69) is 14.8 Å². The Kier molecular flexibility index (Phi) is 4.25. The first-order valence-electron chi connectivity index (χ1n) is 5.17. The van der Waals surface area contributed by atoms with Gasteiger partial charge in [-0.2, -0.15) is 0 Å². The van der Waals surface area contributed by atoms with Crippen LogP contribution in [0.1, 0.15) is 5.56 Å². The van der Waals surface area contributed by atoms with Crippen molar-refractivity contribution in [2.24, 2.45) is 5.73 Å². The normalized spacial score (nSPS) is 10.5. The predicted molar refractivity (Wildman–Crippen MR) is 67.1 cm³/mol. The summed E-state index contributed by atoms with van der Waals surface area (Å²) in [5.41, 5.74) is 6.02. The summed E-state index contributed by atoms with van der Waals surface area (Å²) in [6.07, 6.45) is 1.63. The molecule has 0 atom stereocenters. The van der Waals surface area contributed by atoms with Crippen molar-refractivity contribution < 1.29 is 0 Å². The molecule has 0 saturated heterocycles. The molecule has 0 fully saturated rings. The molecule has 5 heteroatoms. The van der Waals surface area contributed by atoms with Crippen LogP contribution in [0, 0.1) is 5.41 Å². The van der Waals surface area contributed by atoms with Crippen LogP contribution in [0.25, 0.3) is 0 Å². The number of pyridine rings is 1. The Morgan fingerprint density at radius 2 is 2.00 bits per heavy atom. The molecule has 3 N–H and O–H groups in total. The van der Waals surface area contributed by atoms with Crippen molar-refractivity contribution in [2.75, 3.05) is 39.1 Å². The molecule has 0 aliphatic carbocycles. The average molecular weight is 221 g/mol. The van der Waals surface area contributed by atoms with E-state index in [-0.39, 0.29) is 5.84 Å². The molecule has 0 aliphatic heterocycles. The molecule has 5 nitrogen and oxygen atoms in total. The van der Waals surface area contributed by atoms with Gasteiger partial charge in [-0.25, -0.2) is 4.98 Å². The summed E-state index contributed by atoms with van der Waals surface area (Å²) in [5, 5.41) is 7.27. The highest BCUT2D eigenvalue weighted by molar-refractivity contribution is 5.94. The van der Waals surface area contributed by atoms with Crippen LogP contribution in [-0.2, 0) is 0 Å². The maximum absolute atomic E-state index is 7.27. The SMILES string of the molecule is CN(C)CCN(C)c1ccc(C(=N)N)cn1. The number of aromatic nitrogens is 1. The number of rotatable bonds is 5. The van der Waals surface area contributed by atoms with E-state index in [4.69, 9.17) is 11.1 Å². The number of hydrogen-bond acceptors (Lipinski definition) is 4. The van der Waals surface area contributed by atoms with Crippen LogP contribution < -0.4 is 10.6 Å². The molecule has 88 valence electrons. The van der Waals surface area contributed by atoms with E-state index in [0.29, 0.717) is 5.56 Å². The third-order valence-electron chi connectivity index (χ3n) is 2.33. The van der Waals surface area contributed by atoms with Crippen molar-refractivity contribution in [3.8, 4) is 0 Å². The molecule has 1 rings (SSSR count). The van der Waals surface area contributed by atoms with E-state index >= 15 is 0 Å². The van der Waals surface area contributed by atoms with Gasteiger partial charge in [0.1, 0.15) is 11.7 Å². The quantitative estimate of drug-likeness (QED) is 0.556. The first kappa shape index (κ1) is 12.4. The number of nitrogens with two attached hydrogens (primary N) is 1. The molecule has 0 saturated carbocycles. The van der Waals surface area contributed by atoms with Crippen molar-refractivity contribution >= 4 is 11.7 Å². The summed E-state index contributed by atoms with van der Waals surface area (Å²) in [4.78, 5) is 8.46. The van der Waals surface area contributed by atoms with Crippen molar-refractivity contribution in [3.05, 3.63) is 23.9 Å². The zero-order chi connectivity index (χ0) is 12.1. The number of anilines is 1. The molecule has 0 aliphatic rings. The maximum atomic E-state index is 7.27. The second kappa shape index (κ2) is 5.46. The largest absolute Gasteiger partial charge is 0.384 e. The molecule has 0 aromatic carbocycles. The molecule has 0 amide bonds. The lowest BCUT2D eigenvalue weighted by Crippen LogP contribution is -2.29. The second-order valence-electron chi connectivity index (χ2n) is 4.04. The van der Waals surface area contributed by atoms with Crippen LogP contribution in [0.4, 0.5) is 5.82 Å². The minimum atomic E-state index is 0.0509. The van der Waals surface area contributed by atoms with Crippen LogP contribution in [0.5, 0.6) is 0 Å². The van der Waals surface area contributed by atoms with Gasteiger partial charge in [-0.3, -0.25) is 5.41 Å². The van der Waals surface area contributed by atoms with E-state index in [9.17, 15) is 0 Å². The predicted octanol–water partition coefficient (Wildman–Crippen LogP) is 0.363. The molecule has 0 radical (unpaired) electrons. The van der Waals surface area contributed by atoms with Gasteiger partial charge in [0.2, 0.25) is 0 Å². The van der Waals surface area contributed by atoms with E-state index in [0.717, 1.165) is 18.9 Å². The molecule has 1 aromatic heterocycles. The first-order valence-corrected chi connectivity index (χ1v) is 5.17. The maximum Gasteiger partial charge on any atom is 0.128 e. The van der Waals surface area contributed by atoms with Crippen molar-refractivity contribution in [2.45, 2.75) is 0 Å². The number of likely N-dealkylation sites (N-methyl/N-ethyl adjacent to an activating group) is 2. The molecule has 0 spiro atoms. The Bertz CT molecular complexity index is 344.